The summed E-state index contributed by atoms with van der Waals surface area (Å²) in [5, 5.41) is 6.22. The Morgan fingerprint density at radius 2 is 1.90 bits per heavy atom. The Labute approximate surface area is 123 Å². The number of hydrazine groups is 1. The second-order valence-electron chi connectivity index (χ2n) is 4.71. The van der Waals surface area contributed by atoms with Crippen molar-refractivity contribution in [3.05, 3.63) is 70.9 Å². The van der Waals surface area contributed by atoms with Crippen LogP contribution in [0, 0.1) is 0 Å². The molecule has 0 aliphatic carbocycles. The number of allylic oxidation sites excluding steroid dienone is 1. The minimum Gasteiger partial charge on any atom is -0.364 e. The van der Waals surface area contributed by atoms with Crippen molar-refractivity contribution in [3.8, 4) is 0 Å². The first-order valence-corrected chi connectivity index (χ1v) is 6.92. The summed E-state index contributed by atoms with van der Waals surface area (Å²) < 4.78 is 0. The van der Waals surface area contributed by atoms with E-state index in [2.05, 4.69) is 34.8 Å². The fourth-order valence-electron chi connectivity index (χ4n) is 2.29. The molecule has 1 heterocycles. The number of nitrogens with zero attached hydrogens (tertiary/aromatic N) is 1. The van der Waals surface area contributed by atoms with Crippen LogP contribution < -0.4 is 10.7 Å². The van der Waals surface area contributed by atoms with Crippen LogP contribution in [0.3, 0.4) is 0 Å². The summed E-state index contributed by atoms with van der Waals surface area (Å²) in [4.78, 5) is 0. The Morgan fingerprint density at radius 1 is 1.10 bits per heavy atom. The van der Waals surface area contributed by atoms with Gasteiger partial charge in [-0.05, 0) is 30.7 Å². The summed E-state index contributed by atoms with van der Waals surface area (Å²) >= 11 is 6.01. The zero-order valence-electron chi connectivity index (χ0n) is 11.2. The van der Waals surface area contributed by atoms with Crippen molar-refractivity contribution in [2.24, 2.45) is 0 Å². The first-order chi connectivity index (χ1) is 9.74. The number of halogens is 1. The van der Waals surface area contributed by atoms with Gasteiger partial charge in [-0.15, -0.1) is 0 Å². The average molecular weight is 286 g/mol. The predicted molar refractivity (Wildman–Crippen MR) is 84.0 cm³/mol. The zero-order valence-corrected chi connectivity index (χ0v) is 12.0. The Bertz CT molecular complexity index is 637. The number of hydrogen-bond acceptors (Lipinski definition) is 3. The summed E-state index contributed by atoms with van der Waals surface area (Å²) in [6.07, 6.45) is 0. The molecule has 0 bridgehead atoms. The number of anilines is 1. The molecule has 0 aromatic heterocycles. The largest absolute Gasteiger partial charge is 0.364 e. The Balaban J connectivity index is 1.82. The summed E-state index contributed by atoms with van der Waals surface area (Å²) in [5.74, 6) is 0. The number of rotatable bonds is 3. The fraction of sp³-hybridized carbons (Fsp3) is 0.125. The molecule has 3 rings (SSSR count). The molecule has 2 N–H and O–H groups in total. The summed E-state index contributed by atoms with van der Waals surface area (Å²) in [7, 11) is 0. The Morgan fingerprint density at radius 3 is 2.65 bits per heavy atom. The lowest BCUT2D eigenvalue weighted by Crippen LogP contribution is -2.28. The van der Waals surface area contributed by atoms with Crippen molar-refractivity contribution in [2.45, 2.75) is 6.92 Å². The second-order valence-corrected chi connectivity index (χ2v) is 5.15. The molecule has 0 spiro atoms. The third kappa shape index (κ3) is 2.58. The van der Waals surface area contributed by atoms with Crippen molar-refractivity contribution in [1.29, 1.82) is 0 Å². The highest BCUT2D eigenvalue weighted by Crippen LogP contribution is 2.24. The van der Waals surface area contributed by atoms with E-state index in [1.54, 1.807) is 0 Å². The third-order valence-electron chi connectivity index (χ3n) is 3.33. The SMILES string of the molecule is CC1=C(c2ccccc2)NCN1Nc1cccc(Cl)c1. The van der Waals surface area contributed by atoms with Crippen molar-refractivity contribution >= 4 is 23.0 Å². The molecule has 0 radical (unpaired) electrons. The third-order valence-corrected chi connectivity index (χ3v) is 3.57. The maximum absolute atomic E-state index is 6.01. The van der Waals surface area contributed by atoms with Crippen LogP contribution in [0.1, 0.15) is 12.5 Å². The van der Waals surface area contributed by atoms with E-state index in [1.807, 2.05) is 42.5 Å². The Hall–Kier alpha value is -2.13. The van der Waals surface area contributed by atoms with Gasteiger partial charge >= 0.3 is 0 Å². The number of hydrogen-bond donors (Lipinski definition) is 2. The Kier molecular flexibility index (Phi) is 3.52. The molecule has 2 aromatic carbocycles. The summed E-state index contributed by atoms with van der Waals surface area (Å²) in [5.41, 5.74) is 7.85. The van der Waals surface area contributed by atoms with Gasteiger partial charge in [0.25, 0.3) is 0 Å². The molecule has 0 saturated heterocycles. The summed E-state index contributed by atoms with van der Waals surface area (Å²) in [6.45, 7) is 2.82. The maximum Gasteiger partial charge on any atom is 0.107 e. The highest BCUT2D eigenvalue weighted by Gasteiger charge is 2.19. The van der Waals surface area contributed by atoms with Gasteiger partial charge in [0, 0.05) is 5.02 Å². The van der Waals surface area contributed by atoms with Crippen molar-refractivity contribution in [2.75, 3.05) is 12.1 Å². The van der Waals surface area contributed by atoms with E-state index in [-0.39, 0.29) is 0 Å². The van der Waals surface area contributed by atoms with E-state index in [1.165, 1.54) is 5.56 Å². The van der Waals surface area contributed by atoms with Gasteiger partial charge in [0.05, 0.1) is 17.1 Å². The minimum atomic E-state index is 0.725. The van der Waals surface area contributed by atoms with Crippen LogP contribution in [0.25, 0.3) is 5.70 Å². The van der Waals surface area contributed by atoms with Gasteiger partial charge in [0.1, 0.15) is 6.67 Å². The van der Waals surface area contributed by atoms with Crippen molar-refractivity contribution in [3.63, 3.8) is 0 Å². The molecular weight excluding hydrogens is 270 g/mol. The number of benzene rings is 2. The van der Waals surface area contributed by atoms with Crippen LogP contribution in [0.4, 0.5) is 5.69 Å². The first kappa shape index (κ1) is 12.9. The van der Waals surface area contributed by atoms with Crippen LogP contribution >= 0.6 is 11.6 Å². The van der Waals surface area contributed by atoms with Crippen LogP contribution in [-0.4, -0.2) is 11.7 Å². The molecule has 0 fully saturated rings. The van der Waals surface area contributed by atoms with E-state index in [0.29, 0.717) is 0 Å². The molecule has 1 aliphatic heterocycles. The molecule has 0 unspecified atom stereocenters. The maximum atomic E-state index is 6.01. The molecule has 0 atom stereocenters. The zero-order chi connectivity index (χ0) is 13.9. The molecule has 0 amide bonds. The molecular formula is C16H16ClN3. The fourth-order valence-corrected chi connectivity index (χ4v) is 2.48. The van der Waals surface area contributed by atoms with Gasteiger partial charge in [-0.25, -0.2) is 0 Å². The van der Waals surface area contributed by atoms with Gasteiger partial charge in [-0.2, -0.15) is 0 Å². The molecule has 20 heavy (non-hydrogen) atoms. The quantitative estimate of drug-likeness (QED) is 0.895. The molecule has 4 heteroatoms. The van der Waals surface area contributed by atoms with Gasteiger partial charge in [0.15, 0.2) is 0 Å². The van der Waals surface area contributed by atoms with E-state index in [4.69, 9.17) is 11.6 Å². The molecule has 1 aliphatic rings. The van der Waals surface area contributed by atoms with E-state index in [9.17, 15) is 0 Å². The minimum absolute atomic E-state index is 0.725. The standard InChI is InChI=1S/C16H16ClN3/c1-12-16(13-6-3-2-4-7-13)18-11-20(12)19-15-9-5-8-14(17)10-15/h2-10,18-19H,11H2,1H3. The highest BCUT2D eigenvalue weighted by atomic mass is 35.5. The molecule has 2 aromatic rings. The van der Waals surface area contributed by atoms with Crippen LogP contribution in [-0.2, 0) is 0 Å². The lowest BCUT2D eigenvalue weighted by atomic mass is 10.1. The first-order valence-electron chi connectivity index (χ1n) is 6.54. The second kappa shape index (κ2) is 5.47. The summed E-state index contributed by atoms with van der Waals surface area (Å²) in [6, 6.07) is 18.0. The van der Waals surface area contributed by atoms with Crippen LogP contribution in [0.2, 0.25) is 5.02 Å². The normalized spacial score (nSPS) is 14.4. The van der Waals surface area contributed by atoms with Crippen LogP contribution in [0.5, 0.6) is 0 Å². The van der Waals surface area contributed by atoms with Crippen molar-refractivity contribution < 1.29 is 0 Å². The van der Waals surface area contributed by atoms with Crippen LogP contribution in [0.15, 0.2) is 60.3 Å². The van der Waals surface area contributed by atoms with Gasteiger partial charge in [0.2, 0.25) is 0 Å². The van der Waals surface area contributed by atoms with Gasteiger partial charge < -0.3 is 5.32 Å². The molecule has 102 valence electrons. The monoisotopic (exact) mass is 285 g/mol. The lowest BCUT2D eigenvalue weighted by Gasteiger charge is -2.21. The van der Waals surface area contributed by atoms with E-state index >= 15 is 0 Å². The van der Waals surface area contributed by atoms with E-state index < -0.39 is 0 Å². The van der Waals surface area contributed by atoms with Crippen molar-refractivity contribution in [1.82, 2.24) is 10.3 Å². The molecule has 3 nitrogen and oxygen atoms in total. The predicted octanol–water partition coefficient (Wildman–Crippen LogP) is 3.92. The topological polar surface area (TPSA) is 27.3 Å². The average Bonchev–Trinajstić information content (AvgIpc) is 2.81. The van der Waals surface area contributed by atoms with Gasteiger partial charge in [-0.3, -0.25) is 10.4 Å². The molecule has 0 saturated carbocycles. The smallest absolute Gasteiger partial charge is 0.107 e. The lowest BCUT2D eigenvalue weighted by molar-refractivity contribution is 0.435. The number of nitrogens with one attached hydrogen (secondary N) is 2. The van der Waals surface area contributed by atoms with Gasteiger partial charge in [-0.1, -0.05) is 48.0 Å². The highest BCUT2D eigenvalue weighted by molar-refractivity contribution is 6.30. The van der Waals surface area contributed by atoms with E-state index in [0.717, 1.165) is 28.8 Å².